The van der Waals surface area contributed by atoms with Gasteiger partial charge in [0.15, 0.2) is 0 Å². The van der Waals surface area contributed by atoms with Crippen molar-refractivity contribution in [3.05, 3.63) is 39.4 Å². The zero-order valence-electron chi connectivity index (χ0n) is 8.90. The summed E-state index contributed by atoms with van der Waals surface area (Å²) in [6.07, 6.45) is 0. The number of aryl methyl sites for hydroxylation is 1. The van der Waals surface area contributed by atoms with Crippen LogP contribution in [0.2, 0.25) is 5.28 Å². The van der Waals surface area contributed by atoms with Gasteiger partial charge in [-0.3, -0.25) is 9.36 Å². The quantitative estimate of drug-likeness (QED) is 0.802. The first-order chi connectivity index (χ1) is 7.65. The zero-order chi connectivity index (χ0) is 11.7. The maximum absolute atomic E-state index is 12.1. The summed E-state index contributed by atoms with van der Waals surface area (Å²) >= 11 is 5.94. The number of benzene rings is 1. The molecule has 0 saturated heterocycles. The van der Waals surface area contributed by atoms with Crippen LogP contribution in [-0.2, 0) is 6.54 Å². The van der Waals surface area contributed by atoms with Crippen molar-refractivity contribution in [3.63, 3.8) is 0 Å². The molecule has 2 N–H and O–H groups in total. The molecule has 0 radical (unpaired) electrons. The third-order valence-corrected chi connectivity index (χ3v) is 2.79. The van der Waals surface area contributed by atoms with Gasteiger partial charge in [-0.15, -0.1) is 0 Å². The molecule has 0 aliphatic rings. The van der Waals surface area contributed by atoms with Crippen LogP contribution in [0.5, 0.6) is 0 Å². The second kappa shape index (κ2) is 4.23. The first kappa shape index (κ1) is 11.1. The molecule has 0 saturated carbocycles. The van der Waals surface area contributed by atoms with Crippen LogP contribution in [0.4, 0.5) is 0 Å². The Balaban J connectivity index is 2.86. The van der Waals surface area contributed by atoms with E-state index in [0.29, 0.717) is 24.0 Å². The standard InChI is InChI=1S/C11H12ClN3O/c1-7-3-2-4-8-9(7)10(16)15(6-5-13)11(12)14-8/h2-4H,5-6,13H2,1H3. The molecule has 2 rings (SSSR count). The summed E-state index contributed by atoms with van der Waals surface area (Å²) in [4.78, 5) is 16.3. The van der Waals surface area contributed by atoms with Crippen LogP contribution in [-0.4, -0.2) is 16.1 Å². The van der Waals surface area contributed by atoms with E-state index in [-0.39, 0.29) is 10.8 Å². The van der Waals surface area contributed by atoms with Crippen LogP contribution in [0.25, 0.3) is 10.9 Å². The number of fused-ring (bicyclic) bond motifs is 1. The molecule has 0 aliphatic carbocycles. The molecule has 2 aromatic rings. The Bertz CT molecular complexity index is 592. The van der Waals surface area contributed by atoms with Crippen molar-refractivity contribution in [3.8, 4) is 0 Å². The van der Waals surface area contributed by atoms with Crippen molar-refractivity contribution in [2.45, 2.75) is 13.5 Å². The smallest absolute Gasteiger partial charge is 0.262 e. The fourth-order valence-corrected chi connectivity index (χ4v) is 1.98. The minimum Gasteiger partial charge on any atom is -0.329 e. The van der Waals surface area contributed by atoms with Crippen molar-refractivity contribution in [1.29, 1.82) is 0 Å². The Labute approximate surface area is 97.7 Å². The average molecular weight is 238 g/mol. The first-order valence-corrected chi connectivity index (χ1v) is 5.38. The lowest BCUT2D eigenvalue weighted by Crippen LogP contribution is -2.26. The molecule has 4 nitrogen and oxygen atoms in total. The Hall–Kier alpha value is -1.39. The van der Waals surface area contributed by atoms with Crippen LogP contribution in [0.15, 0.2) is 23.0 Å². The third-order valence-electron chi connectivity index (χ3n) is 2.50. The second-order valence-corrected chi connectivity index (χ2v) is 3.93. The lowest BCUT2D eigenvalue weighted by molar-refractivity contribution is 0.674. The van der Waals surface area contributed by atoms with Gasteiger partial charge in [0.2, 0.25) is 5.28 Å². The predicted octanol–water partition coefficient (Wildman–Crippen LogP) is 1.32. The molecule has 0 atom stereocenters. The summed E-state index contributed by atoms with van der Waals surface area (Å²) in [5.41, 5.74) is 6.84. The fraction of sp³-hybridized carbons (Fsp3) is 0.273. The summed E-state index contributed by atoms with van der Waals surface area (Å²) in [6, 6.07) is 5.52. The van der Waals surface area contributed by atoms with Gasteiger partial charge in [-0.1, -0.05) is 12.1 Å². The maximum atomic E-state index is 12.1. The fourth-order valence-electron chi connectivity index (χ4n) is 1.73. The van der Waals surface area contributed by atoms with Gasteiger partial charge in [0.25, 0.3) is 5.56 Å². The first-order valence-electron chi connectivity index (χ1n) is 5.01. The summed E-state index contributed by atoms with van der Waals surface area (Å²) in [5.74, 6) is 0. The van der Waals surface area contributed by atoms with Gasteiger partial charge in [0.1, 0.15) is 0 Å². The molecule has 1 aromatic carbocycles. The lowest BCUT2D eigenvalue weighted by Gasteiger charge is -2.08. The molecule has 84 valence electrons. The molecule has 0 bridgehead atoms. The lowest BCUT2D eigenvalue weighted by atomic mass is 10.1. The molecule has 0 fully saturated rings. The predicted molar refractivity (Wildman–Crippen MR) is 64.8 cm³/mol. The molecular weight excluding hydrogens is 226 g/mol. The van der Waals surface area contributed by atoms with Gasteiger partial charge in [-0.25, -0.2) is 4.98 Å². The second-order valence-electron chi connectivity index (χ2n) is 3.60. The summed E-state index contributed by atoms with van der Waals surface area (Å²) in [5, 5.41) is 0.800. The highest BCUT2D eigenvalue weighted by Crippen LogP contribution is 2.14. The van der Waals surface area contributed by atoms with Crippen molar-refractivity contribution in [1.82, 2.24) is 9.55 Å². The Morgan fingerprint density at radius 3 is 2.94 bits per heavy atom. The highest BCUT2D eigenvalue weighted by molar-refractivity contribution is 6.28. The van der Waals surface area contributed by atoms with E-state index in [1.807, 2.05) is 19.1 Å². The zero-order valence-corrected chi connectivity index (χ0v) is 9.66. The summed E-state index contributed by atoms with van der Waals surface area (Å²) in [6.45, 7) is 2.62. The van der Waals surface area contributed by atoms with Crippen molar-refractivity contribution >= 4 is 22.5 Å². The van der Waals surface area contributed by atoms with Crippen LogP contribution in [0.1, 0.15) is 5.56 Å². The number of halogens is 1. The molecule has 0 amide bonds. The van der Waals surface area contributed by atoms with E-state index in [1.54, 1.807) is 6.07 Å². The molecule has 1 aromatic heterocycles. The average Bonchev–Trinajstić information content (AvgIpc) is 2.24. The van der Waals surface area contributed by atoms with Gasteiger partial charge in [-0.05, 0) is 30.2 Å². The summed E-state index contributed by atoms with van der Waals surface area (Å²) in [7, 11) is 0. The number of hydrogen-bond acceptors (Lipinski definition) is 3. The van der Waals surface area contributed by atoms with Crippen LogP contribution >= 0.6 is 11.6 Å². The molecule has 1 heterocycles. The van der Waals surface area contributed by atoms with Gasteiger partial charge < -0.3 is 5.73 Å². The van der Waals surface area contributed by atoms with Crippen molar-refractivity contribution in [2.75, 3.05) is 6.54 Å². The molecule has 0 aliphatic heterocycles. The van der Waals surface area contributed by atoms with Gasteiger partial charge in [0.05, 0.1) is 10.9 Å². The van der Waals surface area contributed by atoms with Gasteiger partial charge in [-0.2, -0.15) is 0 Å². The van der Waals surface area contributed by atoms with Crippen molar-refractivity contribution < 1.29 is 0 Å². The number of hydrogen-bond donors (Lipinski definition) is 1. The Morgan fingerprint density at radius 2 is 2.25 bits per heavy atom. The molecule has 5 heteroatoms. The van der Waals surface area contributed by atoms with E-state index in [1.165, 1.54) is 4.57 Å². The normalized spacial score (nSPS) is 10.9. The van der Waals surface area contributed by atoms with Crippen LogP contribution < -0.4 is 11.3 Å². The Morgan fingerprint density at radius 1 is 1.50 bits per heavy atom. The number of nitrogens with two attached hydrogens (primary N) is 1. The SMILES string of the molecule is Cc1cccc2nc(Cl)n(CCN)c(=O)c12. The number of aromatic nitrogens is 2. The highest BCUT2D eigenvalue weighted by Gasteiger charge is 2.09. The molecular formula is C11H12ClN3O. The molecule has 0 unspecified atom stereocenters. The van der Waals surface area contributed by atoms with E-state index in [4.69, 9.17) is 17.3 Å². The molecule has 16 heavy (non-hydrogen) atoms. The Kier molecular flexibility index (Phi) is 2.94. The van der Waals surface area contributed by atoms with Crippen molar-refractivity contribution in [2.24, 2.45) is 5.73 Å². The van der Waals surface area contributed by atoms with Gasteiger partial charge >= 0.3 is 0 Å². The number of rotatable bonds is 2. The number of nitrogens with zero attached hydrogens (tertiary/aromatic N) is 2. The van der Waals surface area contributed by atoms with Crippen LogP contribution in [0, 0.1) is 6.92 Å². The van der Waals surface area contributed by atoms with E-state index < -0.39 is 0 Å². The van der Waals surface area contributed by atoms with E-state index >= 15 is 0 Å². The largest absolute Gasteiger partial charge is 0.329 e. The summed E-state index contributed by atoms with van der Waals surface area (Å²) < 4.78 is 1.40. The van der Waals surface area contributed by atoms with Gasteiger partial charge in [0, 0.05) is 13.1 Å². The van der Waals surface area contributed by atoms with Crippen LogP contribution in [0.3, 0.4) is 0 Å². The topological polar surface area (TPSA) is 60.9 Å². The minimum atomic E-state index is -0.126. The minimum absolute atomic E-state index is 0.126. The third kappa shape index (κ3) is 1.70. The van der Waals surface area contributed by atoms with E-state index in [9.17, 15) is 4.79 Å². The van der Waals surface area contributed by atoms with E-state index in [0.717, 1.165) is 5.56 Å². The maximum Gasteiger partial charge on any atom is 0.262 e. The van der Waals surface area contributed by atoms with E-state index in [2.05, 4.69) is 4.98 Å². The highest BCUT2D eigenvalue weighted by atomic mass is 35.5. The molecule has 0 spiro atoms. The monoisotopic (exact) mass is 237 g/mol.